The Hall–Kier alpha value is -1.75. The van der Waals surface area contributed by atoms with Crippen LogP contribution in [0.15, 0.2) is 24.3 Å². The van der Waals surface area contributed by atoms with Gasteiger partial charge in [-0.2, -0.15) is 0 Å². The topological polar surface area (TPSA) is 43.9 Å². The van der Waals surface area contributed by atoms with Crippen LogP contribution in [0.25, 0.3) is 0 Å². The number of hydrogen-bond acceptors (Lipinski definition) is 3. The van der Waals surface area contributed by atoms with E-state index in [1.807, 2.05) is 24.3 Å². The van der Waals surface area contributed by atoms with E-state index < -0.39 is 0 Å². The summed E-state index contributed by atoms with van der Waals surface area (Å²) < 4.78 is 0. The summed E-state index contributed by atoms with van der Waals surface area (Å²) >= 11 is 5.92. The maximum atomic E-state index is 12.5. The fourth-order valence-electron chi connectivity index (χ4n) is 3.82. The van der Waals surface area contributed by atoms with Gasteiger partial charge in [-0.15, -0.1) is 0 Å². The molecule has 4 rings (SSSR count). The van der Waals surface area contributed by atoms with E-state index in [0.717, 1.165) is 38.0 Å². The van der Waals surface area contributed by atoms with Crippen LogP contribution in [0.2, 0.25) is 5.02 Å². The number of benzene rings is 1. The molecule has 0 spiro atoms. The summed E-state index contributed by atoms with van der Waals surface area (Å²) in [6.07, 6.45) is 2.59. The summed E-state index contributed by atoms with van der Waals surface area (Å²) in [7, 11) is 0. The Morgan fingerprint density at radius 1 is 1.05 bits per heavy atom. The lowest BCUT2D eigenvalue weighted by atomic mass is 10.2. The van der Waals surface area contributed by atoms with E-state index in [9.17, 15) is 9.59 Å². The van der Waals surface area contributed by atoms with E-state index in [1.165, 1.54) is 4.90 Å². The summed E-state index contributed by atoms with van der Waals surface area (Å²) in [5, 5.41) is 0.713. The number of anilines is 1. The summed E-state index contributed by atoms with van der Waals surface area (Å²) in [6, 6.07) is 7.40. The molecule has 2 unspecified atom stereocenters. The highest BCUT2D eigenvalue weighted by Crippen LogP contribution is 2.32. The fraction of sp³-hybridized carbons (Fsp3) is 0.500. The number of halogens is 1. The number of carbonyl (C=O) groups is 2. The van der Waals surface area contributed by atoms with Gasteiger partial charge in [-0.25, -0.2) is 4.79 Å². The van der Waals surface area contributed by atoms with Crippen molar-refractivity contribution in [2.24, 2.45) is 0 Å². The average Bonchev–Trinajstić information content (AvgIpc) is 3.20. The number of rotatable bonds is 2. The SMILES string of the molecule is O=C1C2CCCN2C(=O)N1C1CCN(c2ccc(Cl)cc2)C1. The van der Waals surface area contributed by atoms with Crippen molar-refractivity contribution in [1.29, 1.82) is 0 Å². The Morgan fingerprint density at radius 2 is 1.82 bits per heavy atom. The molecule has 6 heteroatoms. The first kappa shape index (κ1) is 13.9. The van der Waals surface area contributed by atoms with Gasteiger partial charge < -0.3 is 9.80 Å². The van der Waals surface area contributed by atoms with Crippen LogP contribution >= 0.6 is 11.6 Å². The van der Waals surface area contributed by atoms with Crippen LogP contribution < -0.4 is 4.90 Å². The lowest BCUT2D eigenvalue weighted by Crippen LogP contribution is -2.43. The molecule has 0 aliphatic carbocycles. The number of imide groups is 1. The molecule has 22 heavy (non-hydrogen) atoms. The van der Waals surface area contributed by atoms with E-state index >= 15 is 0 Å². The van der Waals surface area contributed by atoms with Gasteiger partial charge >= 0.3 is 6.03 Å². The van der Waals surface area contributed by atoms with Crippen molar-refractivity contribution < 1.29 is 9.59 Å². The highest BCUT2D eigenvalue weighted by molar-refractivity contribution is 6.30. The molecule has 0 bridgehead atoms. The normalized spacial score (nSPS) is 28.0. The van der Waals surface area contributed by atoms with Gasteiger partial charge in [-0.1, -0.05) is 11.6 Å². The van der Waals surface area contributed by atoms with Gasteiger partial charge in [-0.05, 0) is 43.5 Å². The van der Waals surface area contributed by atoms with Crippen molar-refractivity contribution in [3.05, 3.63) is 29.3 Å². The van der Waals surface area contributed by atoms with Gasteiger partial charge in [0, 0.05) is 30.3 Å². The zero-order valence-electron chi connectivity index (χ0n) is 12.2. The predicted molar refractivity (Wildman–Crippen MR) is 84.0 cm³/mol. The fourth-order valence-corrected chi connectivity index (χ4v) is 3.95. The molecule has 1 aromatic rings. The second-order valence-corrected chi connectivity index (χ2v) is 6.64. The molecule has 0 N–H and O–H groups in total. The Balaban J connectivity index is 1.50. The molecule has 3 aliphatic heterocycles. The third-order valence-corrected chi connectivity index (χ3v) is 5.20. The quantitative estimate of drug-likeness (QED) is 0.786. The Labute approximate surface area is 134 Å². The van der Waals surface area contributed by atoms with Crippen molar-refractivity contribution in [1.82, 2.24) is 9.80 Å². The molecule has 0 radical (unpaired) electrons. The molecule has 2 atom stereocenters. The van der Waals surface area contributed by atoms with Crippen LogP contribution in [0.4, 0.5) is 10.5 Å². The highest BCUT2D eigenvalue weighted by atomic mass is 35.5. The molecule has 3 aliphatic rings. The summed E-state index contributed by atoms with van der Waals surface area (Å²) in [6.45, 7) is 2.28. The number of fused-ring (bicyclic) bond motifs is 1. The molecule has 0 saturated carbocycles. The van der Waals surface area contributed by atoms with Gasteiger partial charge in [0.25, 0.3) is 5.91 Å². The van der Waals surface area contributed by atoms with E-state index in [-0.39, 0.29) is 24.0 Å². The maximum Gasteiger partial charge on any atom is 0.327 e. The molecular formula is C16H18ClN3O2. The summed E-state index contributed by atoms with van der Waals surface area (Å²) in [5.74, 6) is 0.00505. The molecule has 0 aromatic heterocycles. The number of amides is 3. The van der Waals surface area contributed by atoms with Gasteiger partial charge in [0.1, 0.15) is 6.04 Å². The highest BCUT2D eigenvalue weighted by Gasteiger charge is 2.50. The molecule has 3 heterocycles. The van der Waals surface area contributed by atoms with Crippen LogP contribution in [0.3, 0.4) is 0 Å². The smallest absolute Gasteiger partial charge is 0.327 e. The van der Waals surface area contributed by atoms with Crippen LogP contribution in [0, 0.1) is 0 Å². The van der Waals surface area contributed by atoms with Gasteiger partial charge in [0.15, 0.2) is 0 Å². The molecule has 116 valence electrons. The zero-order chi connectivity index (χ0) is 15.3. The number of urea groups is 1. The minimum Gasteiger partial charge on any atom is -0.369 e. The van der Waals surface area contributed by atoms with Crippen molar-refractivity contribution in [2.45, 2.75) is 31.3 Å². The maximum absolute atomic E-state index is 12.5. The average molecular weight is 320 g/mol. The van der Waals surface area contributed by atoms with Crippen molar-refractivity contribution in [2.75, 3.05) is 24.5 Å². The van der Waals surface area contributed by atoms with Crippen molar-refractivity contribution >= 4 is 29.2 Å². The Bertz CT molecular complexity index is 596. The van der Waals surface area contributed by atoms with Crippen molar-refractivity contribution in [3.63, 3.8) is 0 Å². The number of nitrogens with zero attached hydrogens (tertiary/aromatic N) is 3. The van der Waals surface area contributed by atoms with E-state index in [2.05, 4.69) is 4.90 Å². The molecule has 3 fully saturated rings. The monoisotopic (exact) mass is 319 g/mol. The molecule has 5 nitrogen and oxygen atoms in total. The Morgan fingerprint density at radius 3 is 2.55 bits per heavy atom. The largest absolute Gasteiger partial charge is 0.369 e. The van der Waals surface area contributed by atoms with Gasteiger partial charge in [0.2, 0.25) is 0 Å². The molecule has 3 saturated heterocycles. The Kier molecular flexibility index (Phi) is 3.26. The van der Waals surface area contributed by atoms with Crippen LogP contribution in [0.1, 0.15) is 19.3 Å². The van der Waals surface area contributed by atoms with E-state index in [1.54, 1.807) is 4.90 Å². The van der Waals surface area contributed by atoms with Crippen LogP contribution in [-0.4, -0.2) is 53.5 Å². The molecular weight excluding hydrogens is 302 g/mol. The zero-order valence-corrected chi connectivity index (χ0v) is 13.0. The standard InChI is InChI=1S/C16H18ClN3O2/c17-11-3-5-12(6-4-11)18-9-7-13(10-18)20-15(21)14-2-1-8-19(14)16(20)22/h3-6,13-14H,1-2,7-10H2. The molecule has 1 aromatic carbocycles. The lowest BCUT2D eigenvalue weighted by Gasteiger charge is -2.24. The first-order valence-corrected chi connectivity index (χ1v) is 8.17. The first-order chi connectivity index (χ1) is 10.6. The van der Waals surface area contributed by atoms with Gasteiger partial charge in [-0.3, -0.25) is 9.69 Å². The third-order valence-electron chi connectivity index (χ3n) is 4.95. The first-order valence-electron chi connectivity index (χ1n) is 7.79. The predicted octanol–water partition coefficient (Wildman–Crippen LogP) is 2.35. The third kappa shape index (κ3) is 2.07. The van der Waals surface area contributed by atoms with Crippen LogP contribution in [0.5, 0.6) is 0 Å². The summed E-state index contributed by atoms with van der Waals surface area (Å²) in [4.78, 5) is 30.4. The minimum absolute atomic E-state index is 0.00505. The van der Waals surface area contributed by atoms with E-state index in [0.29, 0.717) is 11.6 Å². The second kappa shape index (κ2) is 5.16. The van der Waals surface area contributed by atoms with Gasteiger partial charge in [0.05, 0.1) is 6.04 Å². The summed E-state index contributed by atoms with van der Waals surface area (Å²) in [5.41, 5.74) is 1.09. The minimum atomic E-state index is -0.197. The number of carbonyl (C=O) groups excluding carboxylic acids is 2. The van der Waals surface area contributed by atoms with Crippen LogP contribution in [-0.2, 0) is 4.79 Å². The second-order valence-electron chi connectivity index (χ2n) is 6.21. The number of hydrogen-bond donors (Lipinski definition) is 0. The van der Waals surface area contributed by atoms with Crippen molar-refractivity contribution in [3.8, 4) is 0 Å². The lowest BCUT2D eigenvalue weighted by molar-refractivity contribution is -0.129. The van der Waals surface area contributed by atoms with E-state index in [4.69, 9.17) is 11.6 Å². The molecule has 3 amide bonds.